The molecule has 1 aliphatic heterocycles. The van der Waals surface area contributed by atoms with E-state index in [1.807, 2.05) is 6.92 Å². The molecule has 0 spiro atoms. The van der Waals surface area contributed by atoms with E-state index in [1.54, 1.807) is 28.6 Å². The number of aliphatic hydroxyl groups excluding tert-OH is 1. The van der Waals surface area contributed by atoms with Gasteiger partial charge in [-0.25, -0.2) is 8.42 Å². The average molecular weight is 307 g/mol. The van der Waals surface area contributed by atoms with E-state index < -0.39 is 10.0 Å². The van der Waals surface area contributed by atoms with Crippen molar-refractivity contribution in [2.45, 2.75) is 43.5 Å². The SMILES string of the molecule is CCC1CCCN1S(=O)(=O)c1cccc(C#CCCO)c1. The summed E-state index contributed by atoms with van der Waals surface area (Å²) < 4.78 is 27.1. The van der Waals surface area contributed by atoms with Crippen LogP contribution < -0.4 is 0 Å². The topological polar surface area (TPSA) is 57.6 Å². The molecular weight excluding hydrogens is 286 g/mol. The molecule has 1 aromatic rings. The minimum Gasteiger partial charge on any atom is -0.395 e. The van der Waals surface area contributed by atoms with Gasteiger partial charge in [0.2, 0.25) is 10.0 Å². The van der Waals surface area contributed by atoms with E-state index >= 15 is 0 Å². The number of hydrogen-bond donors (Lipinski definition) is 1. The molecule has 5 heteroatoms. The predicted octanol–water partition coefficient (Wildman–Crippen LogP) is 1.98. The van der Waals surface area contributed by atoms with Crippen molar-refractivity contribution < 1.29 is 13.5 Å². The van der Waals surface area contributed by atoms with Gasteiger partial charge in [-0.15, -0.1) is 0 Å². The lowest BCUT2D eigenvalue weighted by Crippen LogP contribution is -2.35. The van der Waals surface area contributed by atoms with Crippen LogP contribution in [0.1, 0.15) is 38.2 Å². The largest absolute Gasteiger partial charge is 0.395 e. The number of aliphatic hydroxyl groups is 1. The molecule has 0 saturated carbocycles. The second kappa shape index (κ2) is 7.08. The molecule has 1 unspecified atom stereocenters. The fraction of sp³-hybridized carbons (Fsp3) is 0.500. The van der Waals surface area contributed by atoms with Crippen LogP contribution >= 0.6 is 0 Å². The molecule has 0 radical (unpaired) electrons. The maximum absolute atomic E-state index is 12.7. The number of hydrogen-bond acceptors (Lipinski definition) is 3. The first-order valence-corrected chi connectivity index (χ1v) is 8.75. The number of rotatable bonds is 4. The molecule has 1 N–H and O–H groups in total. The number of nitrogens with zero attached hydrogens (tertiary/aromatic N) is 1. The first-order valence-electron chi connectivity index (χ1n) is 7.31. The lowest BCUT2D eigenvalue weighted by atomic mass is 10.2. The first-order chi connectivity index (χ1) is 10.1. The van der Waals surface area contributed by atoms with Crippen molar-refractivity contribution in [1.29, 1.82) is 0 Å². The van der Waals surface area contributed by atoms with Crippen LogP contribution in [-0.2, 0) is 10.0 Å². The maximum Gasteiger partial charge on any atom is 0.243 e. The van der Waals surface area contributed by atoms with Gasteiger partial charge in [0, 0.05) is 24.6 Å². The molecule has 1 saturated heterocycles. The van der Waals surface area contributed by atoms with Crippen LogP contribution in [0.5, 0.6) is 0 Å². The molecule has 1 aromatic carbocycles. The summed E-state index contributed by atoms with van der Waals surface area (Å²) in [7, 11) is -3.44. The quantitative estimate of drug-likeness (QED) is 0.865. The molecule has 1 atom stereocenters. The Labute approximate surface area is 126 Å². The summed E-state index contributed by atoms with van der Waals surface area (Å²) in [5.74, 6) is 5.69. The van der Waals surface area contributed by atoms with E-state index in [1.165, 1.54) is 0 Å². The summed E-state index contributed by atoms with van der Waals surface area (Å²) >= 11 is 0. The Hall–Kier alpha value is -1.35. The van der Waals surface area contributed by atoms with E-state index in [0.29, 0.717) is 23.4 Å². The van der Waals surface area contributed by atoms with Crippen LogP contribution in [0, 0.1) is 11.8 Å². The summed E-state index contributed by atoms with van der Waals surface area (Å²) in [4.78, 5) is 0.304. The third-order valence-corrected chi connectivity index (χ3v) is 5.65. The lowest BCUT2D eigenvalue weighted by Gasteiger charge is -2.23. The molecule has 4 nitrogen and oxygen atoms in total. The summed E-state index contributed by atoms with van der Waals surface area (Å²) in [6.45, 7) is 2.63. The van der Waals surface area contributed by atoms with Gasteiger partial charge in [0.15, 0.2) is 0 Å². The van der Waals surface area contributed by atoms with E-state index in [0.717, 1.165) is 19.3 Å². The highest BCUT2D eigenvalue weighted by Gasteiger charge is 2.34. The van der Waals surface area contributed by atoms with Crippen molar-refractivity contribution in [3.63, 3.8) is 0 Å². The van der Waals surface area contributed by atoms with Gasteiger partial charge in [-0.3, -0.25) is 0 Å². The molecule has 0 aliphatic carbocycles. The van der Waals surface area contributed by atoms with E-state index in [-0.39, 0.29) is 12.6 Å². The summed E-state index contributed by atoms with van der Waals surface area (Å²) in [6.07, 6.45) is 3.09. The average Bonchev–Trinajstić information content (AvgIpc) is 2.97. The van der Waals surface area contributed by atoms with E-state index in [2.05, 4.69) is 11.8 Å². The minimum absolute atomic E-state index is 0.0109. The Balaban J connectivity index is 2.29. The molecule has 1 fully saturated rings. The van der Waals surface area contributed by atoms with Crippen LogP contribution in [0.4, 0.5) is 0 Å². The van der Waals surface area contributed by atoms with Crippen LogP contribution in [0.2, 0.25) is 0 Å². The number of benzene rings is 1. The van der Waals surface area contributed by atoms with Gasteiger partial charge in [-0.05, 0) is 37.5 Å². The summed E-state index contributed by atoms with van der Waals surface area (Å²) in [5.41, 5.74) is 0.664. The second-order valence-corrected chi connectivity index (χ2v) is 7.01. The Morgan fingerprint density at radius 1 is 1.43 bits per heavy atom. The third kappa shape index (κ3) is 3.65. The predicted molar refractivity (Wildman–Crippen MR) is 82.2 cm³/mol. The lowest BCUT2D eigenvalue weighted by molar-refractivity contribution is 0.305. The Morgan fingerprint density at radius 2 is 2.24 bits per heavy atom. The van der Waals surface area contributed by atoms with Crippen molar-refractivity contribution >= 4 is 10.0 Å². The molecule has 2 rings (SSSR count). The van der Waals surface area contributed by atoms with Crippen LogP contribution in [-0.4, -0.2) is 37.0 Å². The molecule has 0 aromatic heterocycles. The zero-order valence-corrected chi connectivity index (χ0v) is 13.1. The number of sulfonamides is 1. The molecule has 1 aliphatic rings. The zero-order chi connectivity index (χ0) is 15.3. The maximum atomic E-state index is 12.7. The van der Waals surface area contributed by atoms with Gasteiger partial charge in [-0.2, -0.15) is 4.31 Å². The smallest absolute Gasteiger partial charge is 0.243 e. The van der Waals surface area contributed by atoms with Crippen molar-refractivity contribution in [3.8, 4) is 11.8 Å². The van der Waals surface area contributed by atoms with E-state index in [9.17, 15) is 8.42 Å². The highest BCUT2D eigenvalue weighted by molar-refractivity contribution is 7.89. The molecule has 0 bridgehead atoms. The molecule has 114 valence electrons. The Morgan fingerprint density at radius 3 is 2.95 bits per heavy atom. The summed E-state index contributed by atoms with van der Waals surface area (Å²) in [5, 5.41) is 8.72. The fourth-order valence-electron chi connectivity index (χ4n) is 2.62. The van der Waals surface area contributed by atoms with Crippen LogP contribution in [0.3, 0.4) is 0 Å². The zero-order valence-electron chi connectivity index (χ0n) is 12.2. The van der Waals surface area contributed by atoms with Crippen molar-refractivity contribution in [1.82, 2.24) is 4.31 Å². The highest BCUT2D eigenvalue weighted by atomic mass is 32.2. The van der Waals surface area contributed by atoms with Gasteiger partial charge in [0.25, 0.3) is 0 Å². The van der Waals surface area contributed by atoms with E-state index in [4.69, 9.17) is 5.11 Å². The van der Waals surface area contributed by atoms with Gasteiger partial charge in [-0.1, -0.05) is 24.8 Å². The van der Waals surface area contributed by atoms with Gasteiger partial charge in [0.05, 0.1) is 11.5 Å². The van der Waals surface area contributed by atoms with Crippen LogP contribution in [0.25, 0.3) is 0 Å². The van der Waals surface area contributed by atoms with Crippen molar-refractivity contribution in [2.24, 2.45) is 0 Å². The fourth-order valence-corrected chi connectivity index (χ4v) is 4.44. The summed E-state index contributed by atoms with van der Waals surface area (Å²) in [6, 6.07) is 6.85. The van der Waals surface area contributed by atoms with Gasteiger partial charge < -0.3 is 5.11 Å². The third-order valence-electron chi connectivity index (χ3n) is 3.70. The monoisotopic (exact) mass is 307 g/mol. The van der Waals surface area contributed by atoms with Crippen LogP contribution in [0.15, 0.2) is 29.2 Å². The van der Waals surface area contributed by atoms with Crippen molar-refractivity contribution in [3.05, 3.63) is 29.8 Å². The second-order valence-electron chi connectivity index (χ2n) is 5.12. The minimum atomic E-state index is -3.44. The highest BCUT2D eigenvalue weighted by Crippen LogP contribution is 2.27. The van der Waals surface area contributed by atoms with Gasteiger partial charge >= 0.3 is 0 Å². The molecule has 21 heavy (non-hydrogen) atoms. The van der Waals surface area contributed by atoms with Gasteiger partial charge in [0.1, 0.15) is 0 Å². The Bertz CT molecular complexity index is 643. The normalized spacial score (nSPS) is 19.2. The van der Waals surface area contributed by atoms with Crippen molar-refractivity contribution in [2.75, 3.05) is 13.2 Å². The first kappa shape index (κ1) is 16.0. The standard InChI is InChI=1S/C16H21NO3S/c1-2-15-9-6-11-17(15)21(19,20)16-10-5-8-14(13-16)7-3-4-12-18/h5,8,10,13,15,18H,2,4,6,9,11-12H2,1H3. The molecule has 0 amide bonds. The Kier molecular flexibility index (Phi) is 5.40. The molecule has 1 heterocycles. The molecular formula is C16H21NO3S.